The quantitative estimate of drug-likeness (QED) is 0.237. The number of ether oxygens (including phenoxy) is 1. The van der Waals surface area contributed by atoms with Gasteiger partial charge in [-0.3, -0.25) is 4.98 Å². The summed E-state index contributed by atoms with van der Waals surface area (Å²) in [5, 5.41) is 4.33. The molecule has 4 aromatic rings. The van der Waals surface area contributed by atoms with Crippen molar-refractivity contribution in [1.29, 1.82) is 0 Å². The number of rotatable bonds is 7. The van der Waals surface area contributed by atoms with E-state index >= 15 is 0 Å². The van der Waals surface area contributed by atoms with E-state index in [0.717, 1.165) is 36.4 Å². The summed E-state index contributed by atoms with van der Waals surface area (Å²) in [6.45, 7) is 8.88. The Morgan fingerprint density at radius 2 is 1.75 bits per heavy atom. The van der Waals surface area contributed by atoms with Gasteiger partial charge in [0, 0.05) is 23.3 Å². The first-order valence-electron chi connectivity index (χ1n) is 14.5. The minimum absolute atomic E-state index is 0.0574. The van der Waals surface area contributed by atoms with Gasteiger partial charge in [0.25, 0.3) is 0 Å². The van der Waals surface area contributed by atoms with E-state index in [4.69, 9.17) is 21.9 Å². The first kappa shape index (κ1) is 26.6. The molecule has 206 valence electrons. The molecule has 2 aromatic carbocycles. The predicted octanol–water partition coefficient (Wildman–Crippen LogP) is 7.86. The molecule has 5 nitrogen and oxygen atoms in total. The van der Waals surface area contributed by atoms with E-state index < -0.39 is 0 Å². The standard InChI is InChI=1S/C34H38N4OS/c1-5-25-12-10-11-22(2)32(25)37-23(3)21-29(24(37)4)33-31(30-15-8-9-20-35-30)36-34(40)38(33)26-16-18-28(19-17-26)39-27-13-6-7-14-27/h8-12,15-21,27,31,33H,5-7,13-14H2,1-4H3,(H,36,40)/t31-,33+/m1/s1. The second-order valence-electron chi connectivity index (χ2n) is 11.1. The van der Waals surface area contributed by atoms with Crippen molar-refractivity contribution in [2.24, 2.45) is 0 Å². The van der Waals surface area contributed by atoms with Gasteiger partial charge in [-0.15, -0.1) is 0 Å². The SMILES string of the molecule is CCc1cccc(C)c1-n1c(C)cc([C@H]2[C@@H](c3ccccn3)NC(=S)N2c2ccc(OC3CCCC3)cc2)c1C. The van der Waals surface area contributed by atoms with Crippen LogP contribution in [0, 0.1) is 20.8 Å². The van der Waals surface area contributed by atoms with Gasteiger partial charge in [0.15, 0.2) is 5.11 Å². The summed E-state index contributed by atoms with van der Waals surface area (Å²) in [5.41, 5.74) is 9.64. The lowest BCUT2D eigenvalue weighted by molar-refractivity contribution is 0.210. The Balaban J connectivity index is 1.44. The molecule has 2 fully saturated rings. The molecule has 6 rings (SSSR count). The molecule has 1 aliphatic heterocycles. The van der Waals surface area contributed by atoms with Crippen molar-refractivity contribution in [1.82, 2.24) is 14.9 Å². The molecule has 0 amide bonds. The Bertz CT molecular complexity index is 1510. The molecule has 2 aromatic heterocycles. The zero-order chi connectivity index (χ0) is 27.8. The van der Waals surface area contributed by atoms with Crippen LogP contribution in [-0.4, -0.2) is 20.8 Å². The van der Waals surface area contributed by atoms with E-state index in [1.165, 1.54) is 46.6 Å². The van der Waals surface area contributed by atoms with Crippen LogP contribution in [0.25, 0.3) is 5.69 Å². The summed E-state index contributed by atoms with van der Waals surface area (Å²) >= 11 is 6.01. The lowest BCUT2D eigenvalue weighted by atomic mass is 9.96. The smallest absolute Gasteiger partial charge is 0.174 e. The average molecular weight is 551 g/mol. The molecule has 0 bridgehead atoms. The normalized spacial score (nSPS) is 19.3. The molecule has 1 aliphatic carbocycles. The van der Waals surface area contributed by atoms with Gasteiger partial charge in [-0.1, -0.05) is 31.2 Å². The minimum atomic E-state index is -0.0837. The van der Waals surface area contributed by atoms with Crippen molar-refractivity contribution in [3.05, 3.63) is 107 Å². The lowest BCUT2D eigenvalue weighted by Crippen LogP contribution is -2.29. The maximum absolute atomic E-state index is 6.26. The fraction of sp³-hybridized carbons (Fsp3) is 0.353. The monoisotopic (exact) mass is 550 g/mol. The summed E-state index contributed by atoms with van der Waals surface area (Å²) in [4.78, 5) is 7.02. The van der Waals surface area contributed by atoms with Crippen molar-refractivity contribution in [2.75, 3.05) is 4.90 Å². The summed E-state index contributed by atoms with van der Waals surface area (Å²) in [7, 11) is 0. The summed E-state index contributed by atoms with van der Waals surface area (Å²) in [6, 6.07) is 23.4. The molecule has 0 radical (unpaired) electrons. The summed E-state index contributed by atoms with van der Waals surface area (Å²) < 4.78 is 8.69. The molecular weight excluding hydrogens is 512 g/mol. The fourth-order valence-corrected chi connectivity index (χ4v) is 6.94. The van der Waals surface area contributed by atoms with E-state index in [1.54, 1.807) is 0 Å². The topological polar surface area (TPSA) is 42.3 Å². The zero-order valence-corrected chi connectivity index (χ0v) is 24.7. The maximum Gasteiger partial charge on any atom is 0.174 e. The molecule has 2 aliphatic rings. The van der Waals surface area contributed by atoms with E-state index in [-0.39, 0.29) is 12.1 Å². The van der Waals surface area contributed by atoms with Crippen LogP contribution in [0.4, 0.5) is 5.69 Å². The number of para-hydroxylation sites is 1. The third kappa shape index (κ3) is 4.79. The molecule has 1 saturated heterocycles. The van der Waals surface area contributed by atoms with Crippen molar-refractivity contribution >= 4 is 23.0 Å². The van der Waals surface area contributed by atoms with Gasteiger partial charge in [0.05, 0.1) is 29.6 Å². The average Bonchev–Trinajstić information content (AvgIpc) is 3.67. The third-order valence-corrected chi connectivity index (χ3v) is 8.85. The van der Waals surface area contributed by atoms with E-state index in [2.05, 4.69) is 97.1 Å². The number of aryl methyl sites for hydroxylation is 3. The molecule has 3 heterocycles. The highest BCUT2D eigenvalue weighted by Gasteiger charge is 2.42. The number of benzene rings is 2. The Kier molecular flexibility index (Phi) is 7.37. The fourth-order valence-electron chi connectivity index (χ4n) is 6.59. The number of thiocarbonyl (C=S) groups is 1. The highest BCUT2D eigenvalue weighted by atomic mass is 32.1. The van der Waals surface area contributed by atoms with Crippen LogP contribution in [0.3, 0.4) is 0 Å². The molecule has 6 heteroatoms. The largest absolute Gasteiger partial charge is 0.490 e. The van der Waals surface area contributed by atoms with Gasteiger partial charge in [0.2, 0.25) is 0 Å². The number of nitrogens with one attached hydrogen (secondary N) is 1. The van der Waals surface area contributed by atoms with Crippen molar-refractivity contribution in [3.63, 3.8) is 0 Å². The van der Waals surface area contributed by atoms with E-state index in [9.17, 15) is 0 Å². The molecule has 0 unspecified atom stereocenters. The molecule has 40 heavy (non-hydrogen) atoms. The van der Waals surface area contributed by atoms with Crippen molar-refractivity contribution < 1.29 is 4.74 Å². The van der Waals surface area contributed by atoms with Gasteiger partial charge in [-0.2, -0.15) is 0 Å². The van der Waals surface area contributed by atoms with Crippen LogP contribution in [-0.2, 0) is 6.42 Å². The lowest BCUT2D eigenvalue weighted by Gasteiger charge is -2.28. The molecule has 1 saturated carbocycles. The van der Waals surface area contributed by atoms with Crippen molar-refractivity contribution in [2.45, 2.75) is 78.0 Å². The summed E-state index contributed by atoms with van der Waals surface area (Å²) in [6.07, 6.45) is 7.98. The van der Waals surface area contributed by atoms with Gasteiger partial charge in [0.1, 0.15) is 5.75 Å². The Labute approximate surface area is 243 Å². The van der Waals surface area contributed by atoms with Crippen LogP contribution in [0.2, 0.25) is 0 Å². The van der Waals surface area contributed by atoms with E-state index in [1.807, 2.05) is 18.3 Å². The van der Waals surface area contributed by atoms with Gasteiger partial charge in [-0.25, -0.2) is 0 Å². The number of nitrogens with zero attached hydrogens (tertiary/aromatic N) is 3. The highest BCUT2D eigenvalue weighted by molar-refractivity contribution is 7.80. The second-order valence-corrected chi connectivity index (χ2v) is 11.5. The van der Waals surface area contributed by atoms with Crippen LogP contribution >= 0.6 is 12.2 Å². The summed E-state index contributed by atoms with van der Waals surface area (Å²) in [5.74, 6) is 0.927. The van der Waals surface area contributed by atoms with Gasteiger partial charge < -0.3 is 19.5 Å². The number of pyridine rings is 1. The first-order valence-corrected chi connectivity index (χ1v) is 14.9. The minimum Gasteiger partial charge on any atom is -0.490 e. The van der Waals surface area contributed by atoms with Crippen LogP contribution in [0.5, 0.6) is 5.75 Å². The Morgan fingerprint density at radius 3 is 2.45 bits per heavy atom. The molecule has 0 spiro atoms. The second kappa shape index (κ2) is 11.1. The van der Waals surface area contributed by atoms with Gasteiger partial charge >= 0.3 is 0 Å². The third-order valence-electron chi connectivity index (χ3n) is 8.53. The van der Waals surface area contributed by atoms with Gasteiger partial charge in [-0.05, 0) is 124 Å². The maximum atomic E-state index is 6.26. The molecule has 2 atom stereocenters. The first-order chi connectivity index (χ1) is 19.5. The number of hydrogen-bond donors (Lipinski definition) is 1. The predicted molar refractivity (Wildman–Crippen MR) is 167 cm³/mol. The van der Waals surface area contributed by atoms with Crippen LogP contribution in [0.1, 0.15) is 78.5 Å². The Morgan fingerprint density at radius 1 is 0.975 bits per heavy atom. The van der Waals surface area contributed by atoms with Crippen LogP contribution in [0.15, 0.2) is 72.9 Å². The zero-order valence-electron chi connectivity index (χ0n) is 23.9. The molecular formula is C34H38N4OS. The molecule has 1 N–H and O–H groups in total. The van der Waals surface area contributed by atoms with Crippen molar-refractivity contribution in [3.8, 4) is 11.4 Å². The number of aromatic nitrogens is 2. The van der Waals surface area contributed by atoms with E-state index in [0.29, 0.717) is 11.2 Å². The highest BCUT2D eigenvalue weighted by Crippen LogP contribution is 2.44. The Hall–Kier alpha value is -3.64. The number of hydrogen-bond acceptors (Lipinski definition) is 3. The number of anilines is 1. The van der Waals surface area contributed by atoms with Crippen LogP contribution < -0.4 is 15.0 Å².